The van der Waals surface area contributed by atoms with Crippen LogP contribution in [0.1, 0.15) is 37.7 Å². The van der Waals surface area contributed by atoms with Crippen molar-refractivity contribution in [1.29, 1.82) is 0 Å². The quantitative estimate of drug-likeness (QED) is 0.487. The minimum absolute atomic E-state index is 0.00586. The van der Waals surface area contributed by atoms with Gasteiger partial charge in [0, 0.05) is 24.0 Å². The number of aliphatic hydroxyl groups is 3. The molecule has 9 heteroatoms. The first kappa shape index (κ1) is 21.4. The van der Waals surface area contributed by atoms with E-state index >= 15 is 0 Å². The first-order chi connectivity index (χ1) is 14.7. The fourth-order valence-corrected chi connectivity index (χ4v) is 3.78. The lowest BCUT2D eigenvalue weighted by Gasteiger charge is -2.40. The number of fused-ring (bicyclic) bond motifs is 1. The number of phenolic OH excluding ortho intramolecular Hbond substituents is 1. The number of hydrogen-bond acceptors (Lipinski definition) is 9. The largest absolute Gasteiger partial charge is 0.508 e. The van der Waals surface area contributed by atoms with Crippen LogP contribution in [0.25, 0.3) is 17.4 Å². The molecule has 9 nitrogen and oxygen atoms in total. The zero-order chi connectivity index (χ0) is 22.4. The molecule has 0 radical (unpaired) electrons. The van der Waals surface area contributed by atoms with Gasteiger partial charge in [-0.05, 0) is 31.2 Å². The molecule has 3 unspecified atom stereocenters. The van der Waals surface area contributed by atoms with Crippen LogP contribution in [-0.4, -0.2) is 50.1 Å². The monoisotopic (exact) mass is 432 g/mol. The van der Waals surface area contributed by atoms with E-state index in [0.717, 1.165) is 0 Å². The van der Waals surface area contributed by atoms with Crippen LogP contribution >= 0.6 is 0 Å². The zero-order valence-electron chi connectivity index (χ0n) is 16.9. The second-order valence-corrected chi connectivity index (χ2v) is 7.93. The second kappa shape index (κ2) is 8.01. The van der Waals surface area contributed by atoms with E-state index in [1.165, 1.54) is 30.3 Å². The Hall–Kier alpha value is -2.85. The highest BCUT2D eigenvalue weighted by Crippen LogP contribution is 2.38. The fourth-order valence-electron chi connectivity index (χ4n) is 3.78. The Morgan fingerprint density at radius 2 is 1.71 bits per heavy atom. The Morgan fingerprint density at radius 3 is 2.39 bits per heavy atom. The Balaban J connectivity index is 1.70. The Morgan fingerprint density at radius 1 is 1.03 bits per heavy atom. The molecule has 0 amide bonds. The third-order valence-corrected chi connectivity index (χ3v) is 5.83. The van der Waals surface area contributed by atoms with Crippen molar-refractivity contribution < 1.29 is 39.4 Å². The van der Waals surface area contributed by atoms with Crippen LogP contribution < -0.4 is 5.43 Å². The SMILES string of the molecule is CC1OC(OC2=Cc3oc(-c4ccc(O)cc4)c(O)c(=O)c3C(O)C2)[C@H](O)[C@H](O)[C@H]1C. The average molecular weight is 432 g/mol. The Labute approximate surface area is 177 Å². The van der Waals surface area contributed by atoms with Gasteiger partial charge in [-0.25, -0.2) is 0 Å². The molecule has 2 heterocycles. The molecule has 0 saturated carbocycles. The first-order valence-electron chi connectivity index (χ1n) is 9.93. The van der Waals surface area contributed by atoms with E-state index in [9.17, 15) is 30.3 Å². The van der Waals surface area contributed by atoms with Crippen molar-refractivity contribution in [2.24, 2.45) is 5.92 Å². The van der Waals surface area contributed by atoms with Crippen LogP contribution in [0.3, 0.4) is 0 Å². The van der Waals surface area contributed by atoms with Crippen molar-refractivity contribution in [3.8, 4) is 22.8 Å². The van der Waals surface area contributed by atoms with Gasteiger partial charge in [0.2, 0.25) is 17.5 Å². The predicted molar refractivity (Wildman–Crippen MR) is 108 cm³/mol. The van der Waals surface area contributed by atoms with Crippen molar-refractivity contribution >= 4 is 6.08 Å². The summed E-state index contributed by atoms with van der Waals surface area (Å²) in [6.45, 7) is 3.50. The number of aliphatic hydroxyl groups excluding tert-OH is 3. The number of ether oxygens (including phenoxy) is 2. The van der Waals surface area contributed by atoms with Gasteiger partial charge < -0.3 is 39.4 Å². The highest BCUT2D eigenvalue weighted by Gasteiger charge is 2.42. The van der Waals surface area contributed by atoms with Crippen molar-refractivity contribution in [3.05, 3.63) is 51.6 Å². The molecule has 0 bridgehead atoms. The lowest BCUT2D eigenvalue weighted by molar-refractivity contribution is -0.269. The van der Waals surface area contributed by atoms with E-state index in [1.54, 1.807) is 13.8 Å². The summed E-state index contributed by atoms with van der Waals surface area (Å²) in [6, 6.07) is 5.69. The van der Waals surface area contributed by atoms with Crippen LogP contribution in [0.2, 0.25) is 0 Å². The molecule has 2 aliphatic rings. The maximum atomic E-state index is 12.7. The van der Waals surface area contributed by atoms with Gasteiger partial charge in [0.1, 0.15) is 23.4 Å². The standard InChI is InChI=1S/C22H24O9/c1-9-10(2)29-22(20(28)17(9)25)30-13-7-14(24)16-15(8-13)31-21(19(27)18(16)26)11-3-5-12(23)6-4-11/h3-6,8-10,14,17,20,22-25,27-28H,7H2,1-2H3/t9-,10?,14?,17+,20+,22?/m0/s1. The lowest BCUT2D eigenvalue weighted by Crippen LogP contribution is -2.53. The van der Waals surface area contributed by atoms with Crippen LogP contribution in [0, 0.1) is 5.92 Å². The summed E-state index contributed by atoms with van der Waals surface area (Å²) in [5, 5.41) is 50.8. The number of rotatable bonds is 3. The predicted octanol–water partition coefficient (Wildman–Crippen LogP) is 1.62. The molecule has 166 valence electrons. The van der Waals surface area contributed by atoms with E-state index in [0.29, 0.717) is 5.56 Å². The number of phenols is 1. The van der Waals surface area contributed by atoms with E-state index in [4.69, 9.17) is 13.9 Å². The van der Waals surface area contributed by atoms with Gasteiger partial charge in [-0.2, -0.15) is 0 Å². The maximum absolute atomic E-state index is 12.7. The minimum Gasteiger partial charge on any atom is -0.508 e. The fraction of sp³-hybridized carbons (Fsp3) is 0.409. The number of hydrogen-bond donors (Lipinski definition) is 5. The van der Waals surface area contributed by atoms with Crippen LogP contribution in [0.5, 0.6) is 11.5 Å². The molecule has 5 N–H and O–H groups in total. The smallest absolute Gasteiger partial charge is 0.233 e. The van der Waals surface area contributed by atoms with E-state index < -0.39 is 35.8 Å². The Kier molecular flexibility index (Phi) is 5.52. The van der Waals surface area contributed by atoms with Gasteiger partial charge >= 0.3 is 0 Å². The molecule has 1 aliphatic carbocycles. The number of aromatic hydroxyl groups is 2. The number of benzene rings is 1. The molecule has 1 aliphatic heterocycles. The average Bonchev–Trinajstić information content (AvgIpc) is 2.73. The van der Waals surface area contributed by atoms with Gasteiger partial charge in [-0.3, -0.25) is 4.79 Å². The van der Waals surface area contributed by atoms with Crippen LogP contribution in [0.15, 0.2) is 39.2 Å². The minimum atomic E-state index is -1.31. The van der Waals surface area contributed by atoms with Crippen molar-refractivity contribution in [2.75, 3.05) is 0 Å². The van der Waals surface area contributed by atoms with Gasteiger partial charge in [0.25, 0.3) is 0 Å². The molecule has 1 aromatic carbocycles. The molecule has 1 fully saturated rings. The van der Waals surface area contributed by atoms with Gasteiger partial charge in [-0.1, -0.05) is 6.92 Å². The van der Waals surface area contributed by atoms with Gasteiger partial charge in [-0.15, -0.1) is 0 Å². The molecule has 31 heavy (non-hydrogen) atoms. The maximum Gasteiger partial charge on any atom is 0.233 e. The summed E-state index contributed by atoms with van der Waals surface area (Å²) in [5.74, 6) is -0.893. The lowest BCUT2D eigenvalue weighted by atomic mass is 9.91. The van der Waals surface area contributed by atoms with E-state index in [-0.39, 0.29) is 47.0 Å². The van der Waals surface area contributed by atoms with Crippen molar-refractivity contribution in [3.63, 3.8) is 0 Å². The highest BCUT2D eigenvalue weighted by molar-refractivity contribution is 5.67. The molecule has 0 spiro atoms. The van der Waals surface area contributed by atoms with Crippen LogP contribution in [0.4, 0.5) is 0 Å². The molecular formula is C22H24O9. The molecule has 2 aromatic rings. The van der Waals surface area contributed by atoms with Crippen LogP contribution in [-0.2, 0) is 9.47 Å². The molecule has 1 aromatic heterocycles. The highest BCUT2D eigenvalue weighted by atomic mass is 16.7. The summed E-state index contributed by atoms with van der Waals surface area (Å²) in [6.07, 6.45) is -3.92. The zero-order valence-corrected chi connectivity index (χ0v) is 16.9. The van der Waals surface area contributed by atoms with Gasteiger partial charge in [0.05, 0.1) is 23.9 Å². The topological polar surface area (TPSA) is 150 Å². The molecular weight excluding hydrogens is 408 g/mol. The Bertz CT molecular complexity index is 1060. The van der Waals surface area contributed by atoms with Crippen molar-refractivity contribution in [1.82, 2.24) is 0 Å². The summed E-state index contributed by atoms with van der Waals surface area (Å²) in [4.78, 5) is 12.7. The first-order valence-corrected chi connectivity index (χ1v) is 9.93. The van der Waals surface area contributed by atoms with E-state index in [1.807, 2.05) is 0 Å². The van der Waals surface area contributed by atoms with Gasteiger partial charge in [0.15, 0.2) is 5.76 Å². The molecule has 1 saturated heterocycles. The summed E-state index contributed by atoms with van der Waals surface area (Å²) >= 11 is 0. The third-order valence-electron chi connectivity index (χ3n) is 5.83. The van der Waals surface area contributed by atoms with E-state index in [2.05, 4.69) is 0 Å². The molecule has 6 atom stereocenters. The third kappa shape index (κ3) is 3.81. The van der Waals surface area contributed by atoms with Crippen molar-refractivity contribution in [2.45, 2.75) is 51.0 Å². The molecule has 4 rings (SSSR count). The summed E-state index contributed by atoms with van der Waals surface area (Å²) in [5.41, 5.74) is -0.540. The second-order valence-electron chi connectivity index (χ2n) is 7.93. The summed E-state index contributed by atoms with van der Waals surface area (Å²) < 4.78 is 17.1. The summed E-state index contributed by atoms with van der Waals surface area (Å²) in [7, 11) is 0. The normalized spacial score (nSPS) is 30.4.